The van der Waals surface area contributed by atoms with Gasteiger partial charge < -0.3 is 14.2 Å². The Kier molecular flexibility index (Phi) is 63.6. The van der Waals surface area contributed by atoms with E-state index in [1.165, 1.54) is 244 Å². The predicted molar refractivity (Wildman–Crippen MR) is 335 cm³/mol. The lowest BCUT2D eigenvalue weighted by Gasteiger charge is -2.18. The van der Waals surface area contributed by atoms with Gasteiger partial charge in [0.15, 0.2) is 6.10 Å². The standard InChI is InChI=1S/C71H130O6/c1-4-7-10-13-16-19-22-25-27-29-31-32-33-34-35-36-37-38-39-40-41-43-44-46-49-52-55-58-61-64-70(73)76-67-68(66-75-69(72)63-60-57-54-51-48-24-21-18-15-12-9-6-3)77-71(74)65-62-59-56-53-50-47-45-42-30-28-26-23-20-17-14-11-8-5-2/h7,10,16,19,25,27,31-32,68H,4-6,8-9,11-15,17-18,20-24,26,28-30,33-67H2,1-3H3/b10-7-,19-16-,27-25-,32-31-. The van der Waals surface area contributed by atoms with Crippen molar-refractivity contribution in [2.24, 2.45) is 0 Å². The van der Waals surface area contributed by atoms with Crippen LogP contribution in [0, 0.1) is 0 Å². The molecule has 0 aromatic carbocycles. The molecule has 0 aliphatic carbocycles. The molecular weight excluding hydrogens is 949 g/mol. The van der Waals surface area contributed by atoms with E-state index >= 15 is 0 Å². The van der Waals surface area contributed by atoms with Gasteiger partial charge in [-0.3, -0.25) is 14.4 Å². The van der Waals surface area contributed by atoms with Crippen LogP contribution in [0.2, 0.25) is 0 Å². The molecule has 77 heavy (non-hydrogen) atoms. The summed E-state index contributed by atoms with van der Waals surface area (Å²) in [5, 5.41) is 0. The molecule has 1 atom stereocenters. The second-order valence-corrected chi connectivity index (χ2v) is 23.1. The highest BCUT2D eigenvalue weighted by molar-refractivity contribution is 5.71. The van der Waals surface area contributed by atoms with E-state index in [9.17, 15) is 14.4 Å². The molecule has 0 aromatic heterocycles. The average molecular weight is 1080 g/mol. The van der Waals surface area contributed by atoms with Gasteiger partial charge in [0.1, 0.15) is 13.2 Å². The van der Waals surface area contributed by atoms with Crippen LogP contribution in [-0.2, 0) is 28.6 Å². The number of carbonyl (C=O) groups excluding carboxylic acids is 3. The molecule has 0 amide bonds. The highest BCUT2D eigenvalue weighted by Gasteiger charge is 2.19. The summed E-state index contributed by atoms with van der Waals surface area (Å²) in [7, 11) is 0. The van der Waals surface area contributed by atoms with Crippen LogP contribution in [0.5, 0.6) is 0 Å². The minimum Gasteiger partial charge on any atom is -0.462 e. The Morgan fingerprint density at radius 3 is 0.792 bits per heavy atom. The Balaban J connectivity index is 4.17. The minimum absolute atomic E-state index is 0.0656. The summed E-state index contributed by atoms with van der Waals surface area (Å²) >= 11 is 0. The largest absolute Gasteiger partial charge is 0.462 e. The van der Waals surface area contributed by atoms with Crippen LogP contribution in [0.3, 0.4) is 0 Å². The molecule has 450 valence electrons. The lowest BCUT2D eigenvalue weighted by Crippen LogP contribution is -2.30. The van der Waals surface area contributed by atoms with Crippen molar-refractivity contribution in [3.63, 3.8) is 0 Å². The highest BCUT2D eigenvalue weighted by atomic mass is 16.6. The van der Waals surface area contributed by atoms with Gasteiger partial charge in [-0.15, -0.1) is 0 Å². The smallest absolute Gasteiger partial charge is 0.306 e. The van der Waals surface area contributed by atoms with Crippen LogP contribution in [0.1, 0.15) is 367 Å². The van der Waals surface area contributed by atoms with Crippen LogP contribution >= 0.6 is 0 Å². The molecule has 0 bridgehead atoms. The summed E-state index contributed by atoms with van der Waals surface area (Å²) in [6.07, 6.45) is 82.8. The van der Waals surface area contributed by atoms with Crippen LogP contribution < -0.4 is 0 Å². The molecule has 6 nitrogen and oxygen atoms in total. The van der Waals surface area contributed by atoms with E-state index in [1.54, 1.807) is 0 Å². The third-order valence-electron chi connectivity index (χ3n) is 15.3. The molecule has 1 unspecified atom stereocenters. The Morgan fingerprint density at radius 1 is 0.273 bits per heavy atom. The molecule has 0 aromatic rings. The fourth-order valence-electron chi connectivity index (χ4n) is 10.3. The van der Waals surface area contributed by atoms with E-state index in [4.69, 9.17) is 14.2 Å². The van der Waals surface area contributed by atoms with Crippen molar-refractivity contribution in [3.8, 4) is 0 Å². The Morgan fingerprint density at radius 2 is 0.506 bits per heavy atom. The molecule has 0 saturated carbocycles. The molecule has 0 fully saturated rings. The normalized spacial score (nSPS) is 12.3. The highest BCUT2D eigenvalue weighted by Crippen LogP contribution is 2.18. The quantitative estimate of drug-likeness (QED) is 0.0261. The minimum atomic E-state index is -0.768. The SMILES string of the molecule is CC/C=C\C/C=C\C/C=C\C/C=C\CCCCCCCCCCCCCCCCCCC(=O)OCC(COC(=O)CCCCCCCCCCCCCC)OC(=O)CCCCCCCCCCCCCCCCCCCC. The number of allylic oxidation sites excluding steroid dienone is 8. The molecule has 0 aliphatic rings. The number of hydrogen-bond donors (Lipinski definition) is 0. The number of esters is 3. The van der Waals surface area contributed by atoms with E-state index in [0.717, 1.165) is 83.5 Å². The van der Waals surface area contributed by atoms with E-state index in [-0.39, 0.29) is 31.1 Å². The van der Waals surface area contributed by atoms with Gasteiger partial charge in [-0.05, 0) is 57.8 Å². The lowest BCUT2D eigenvalue weighted by molar-refractivity contribution is -0.167. The summed E-state index contributed by atoms with van der Waals surface area (Å²) in [5.41, 5.74) is 0. The number of rotatable bonds is 63. The van der Waals surface area contributed by atoms with Gasteiger partial charge in [-0.2, -0.15) is 0 Å². The molecule has 0 aliphatic heterocycles. The second-order valence-electron chi connectivity index (χ2n) is 23.1. The summed E-state index contributed by atoms with van der Waals surface area (Å²) in [5.74, 6) is -0.838. The van der Waals surface area contributed by atoms with Gasteiger partial charge >= 0.3 is 17.9 Å². The van der Waals surface area contributed by atoms with Gasteiger partial charge in [-0.1, -0.05) is 339 Å². The molecule has 0 radical (unpaired) electrons. The molecule has 6 heteroatoms. The Bertz CT molecular complexity index is 1330. The number of carbonyl (C=O) groups is 3. The fourth-order valence-corrected chi connectivity index (χ4v) is 10.3. The maximum Gasteiger partial charge on any atom is 0.306 e. The van der Waals surface area contributed by atoms with Crippen LogP contribution in [-0.4, -0.2) is 37.2 Å². The van der Waals surface area contributed by atoms with Gasteiger partial charge in [0.05, 0.1) is 0 Å². The molecule has 0 N–H and O–H groups in total. The van der Waals surface area contributed by atoms with Crippen molar-refractivity contribution in [1.29, 1.82) is 0 Å². The van der Waals surface area contributed by atoms with E-state index in [2.05, 4.69) is 69.4 Å². The first-order chi connectivity index (χ1) is 38.0. The zero-order chi connectivity index (χ0) is 55.7. The Labute approximate surface area is 479 Å². The monoisotopic (exact) mass is 1080 g/mol. The van der Waals surface area contributed by atoms with Crippen molar-refractivity contribution in [1.82, 2.24) is 0 Å². The predicted octanol–water partition coefficient (Wildman–Crippen LogP) is 23.3. The van der Waals surface area contributed by atoms with Gasteiger partial charge in [0.2, 0.25) is 0 Å². The maximum absolute atomic E-state index is 12.9. The number of hydrogen-bond acceptors (Lipinski definition) is 6. The summed E-state index contributed by atoms with van der Waals surface area (Å²) in [4.78, 5) is 38.3. The molecule has 0 saturated heterocycles. The second kappa shape index (κ2) is 65.9. The summed E-state index contributed by atoms with van der Waals surface area (Å²) < 4.78 is 17.0. The molecule has 0 spiro atoms. The van der Waals surface area contributed by atoms with Crippen molar-refractivity contribution < 1.29 is 28.6 Å². The zero-order valence-corrected chi connectivity index (χ0v) is 51.7. The van der Waals surface area contributed by atoms with Crippen molar-refractivity contribution in [2.45, 2.75) is 374 Å². The number of unbranched alkanes of at least 4 members (excludes halogenated alkanes) is 44. The van der Waals surface area contributed by atoms with Crippen molar-refractivity contribution in [2.75, 3.05) is 13.2 Å². The first-order valence-electron chi connectivity index (χ1n) is 34.1. The fraction of sp³-hybridized carbons (Fsp3) is 0.845. The first kappa shape index (κ1) is 74.4. The third-order valence-corrected chi connectivity index (χ3v) is 15.3. The van der Waals surface area contributed by atoms with Crippen molar-refractivity contribution >= 4 is 17.9 Å². The number of ether oxygens (including phenoxy) is 3. The van der Waals surface area contributed by atoms with Crippen molar-refractivity contribution in [3.05, 3.63) is 48.6 Å². The molecular formula is C71H130O6. The maximum atomic E-state index is 12.9. The van der Waals surface area contributed by atoms with Crippen LogP contribution in [0.15, 0.2) is 48.6 Å². The zero-order valence-electron chi connectivity index (χ0n) is 51.7. The summed E-state index contributed by atoms with van der Waals surface area (Å²) in [6.45, 7) is 6.59. The van der Waals surface area contributed by atoms with E-state index in [1.807, 2.05) is 0 Å². The van der Waals surface area contributed by atoms with Crippen LogP contribution in [0.4, 0.5) is 0 Å². The first-order valence-corrected chi connectivity index (χ1v) is 34.1. The average Bonchev–Trinajstić information content (AvgIpc) is 3.43. The molecule has 0 heterocycles. The lowest BCUT2D eigenvalue weighted by atomic mass is 10.0. The van der Waals surface area contributed by atoms with E-state index in [0.29, 0.717) is 19.3 Å². The van der Waals surface area contributed by atoms with Gasteiger partial charge in [0.25, 0.3) is 0 Å². The van der Waals surface area contributed by atoms with Gasteiger partial charge in [-0.25, -0.2) is 0 Å². The van der Waals surface area contributed by atoms with Gasteiger partial charge in [0, 0.05) is 19.3 Å². The van der Waals surface area contributed by atoms with E-state index < -0.39 is 6.10 Å². The Hall–Kier alpha value is -2.63. The van der Waals surface area contributed by atoms with Crippen LogP contribution in [0.25, 0.3) is 0 Å². The molecule has 0 rings (SSSR count). The third kappa shape index (κ3) is 64.1. The topological polar surface area (TPSA) is 78.9 Å². The summed E-state index contributed by atoms with van der Waals surface area (Å²) in [6, 6.07) is 0.